The Morgan fingerprint density at radius 1 is 0.840 bits per heavy atom. The number of hydrogen-bond donors (Lipinski definition) is 2. The van der Waals surface area contributed by atoms with Crippen LogP contribution >= 0.6 is 0 Å². The second-order valence-corrected chi connectivity index (χ2v) is 5.80. The van der Waals surface area contributed by atoms with Crippen molar-refractivity contribution in [2.45, 2.75) is 6.42 Å². The molecule has 3 rings (SSSR count). The van der Waals surface area contributed by atoms with Gasteiger partial charge >= 0.3 is 0 Å². The van der Waals surface area contributed by atoms with Crippen LogP contribution in [0.15, 0.2) is 66.7 Å². The van der Waals surface area contributed by atoms with Crippen LogP contribution in [0, 0.1) is 0 Å². The van der Waals surface area contributed by atoms with Gasteiger partial charge in [-0.3, -0.25) is 0 Å². The third kappa shape index (κ3) is 4.21. The highest BCUT2D eigenvalue weighted by Crippen LogP contribution is 2.31. The van der Waals surface area contributed by atoms with Crippen molar-refractivity contribution < 1.29 is 14.9 Å². The molecule has 0 aliphatic heterocycles. The lowest BCUT2D eigenvalue weighted by molar-refractivity contribution is 0.403. The Morgan fingerprint density at radius 3 is 2.24 bits per heavy atom. The zero-order chi connectivity index (χ0) is 17.6. The molecule has 0 saturated heterocycles. The standard InChI is InChI=1S/C22H20O3/c1-25-22-15-20(24)14-18(10-7-16-5-3-2-4-6-16)21(22)13-17-8-11-19(23)12-9-17/h2-12,14-15,23-24H,13H2,1H3. The van der Waals surface area contributed by atoms with E-state index in [0.717, 1.165) is 22.3 Å². The summed E-state index contributed by atoms with van der Waals surface area (Å²) in [6.45, 7) is 0. The highest BCUT2D eigenvalue weighted by Gasteiger charge is 2.11. The summed E-state index contributed by atoms with van der Waals surface area (Å²) >= 11 is 0. The van der Waals surface area contributed by atoms with Gasteiger partial charge in [-0.1, -0.05) is 54.6 Å². The predicted octanol–water partition coefficient (Wildman–Crippen LogP) is 4.87. The van der Waals surface area contributed by atoms with Crippen LogP contribution in [0.2, 0.25) is 0 Å². The molecule has 126 valence electrons. The first-order chi connectivity index (χ1) is 12.2. The first-order valence-electron chi connectivity index (χ1n) is 8.06. The van der Waals surface area contributed by atoms with Gasteiger partial charge < -0.3 is 14.9 Å². The molecule has 0 aliphatic carbocycles. The molecule has 0 heterocycles. The van der Waals surface area contributed by atoms with Gasteiger partial charge in [-0.15, -0.1) is 0 Å². The molecule has 0 amide bonds. The van der Waals surface area contributed by atoms with Crippen molar-refractivity contribution in [2.24, 2.45) is 0 Å². The van der Waals surface area contributed by atoms with Crippen molar-refractivity contribution in [2.75, 3.05) is 7.11 Å². The lowest BCUT2D eigenvalue weighted by Crippen LogP contribution is -1.97. The fraction of sp³-hybridized carbons (Fsp3) is 0.0909. The van der Waals surface area contributed by atoms with Crippen LogP contribution < -0.4 is 4.74 Å². The first-order valence-corrected chi connectivity index (χ1v) is 8.06. The van der Waals surface area contributed by atoms with Crippen LogP contribution in [-0.2, 0) is 6.42 Å². The molecule has 2 N–H and O–H groups in total. The molecule has 0 radical (unpaired) electrons. The Hall–Kier alpha value is -3.20. The number of hydrogen-bond acceptors (Lipinski definition) is 3. The smallest absolute Gasteiger partial charge is 0.126 e. The summed E-state index contributed by atoms with van der Waals surface area (Å²) in [6.07, 6.45) is 4.63. The number of rotatable bonds is 5. The van der Waals surface area contributed by atoms with Crippen LogP contribution in [0.25, 0.3) is 12.2 Å². The predicted molar refractivity (Wildman–Crippen MR) is 101 cm³/mol. The number of ether oxygens (including phenoxy) is 1. The van der Waals surface area contributed by atoms with Crippen molar-refractivity contribution in [3.05, 3.63) is 89.0 Å². The number of aromatic hydroxyl groups is 2. The average molecular weight is 332 g/mol. The van der Waals surface area contributed by atoms with E-state index in [0.29, 0.717) is 12.2 Å². The first kappa shape index (κ1) is 16.7. The van der Waals surface area contributed by atoms with Crippen molar-refractivity contribution in [1.29, 1.82) is 0 Å². The Bertz CT molecular complexity index is 866. The van der Waals surface area contributed by atoms with Crippen LogP contribution in [0.1, 0.15) is 22.3 Å². The summed E-state index contributed by atoms with van der Waals surface area (Å²) in [6, 6.07) is 20.5. The van der Waals surface area contributed by atoms with Gasteiger partial charge in [0.15, 0.2) is 0 Å². The molecule has 3 nitrogen and oxygen atoms in total. The second-order valence-electron chi connectivity index (χ2n) is 5.80. The van der Waals surface area contributed by atoms with Gasteiger partial charge in [-0.2, -0.15) is 0 Å². The van der Waals surface area contributed by atoms with Gasteiger partial charge in [0.25, 0.3) is 0 Å². The van der Waals surface area contributed by atoms with E-state index in [4.69, 9.17) is 4.74 Å². The van der Waals surface area contributed by atoms with E-state index in [2.05, 4.69) is 0 Å². The summed E-state index contributed by atoms with van der Waals surface area (Å²) in [5.74, 6) is 1.05. The number of phenols is 2. The molecule has 3 aromatic rings. The molecule has 0 fully saturated rings. The molecular weight excluding hydrogens is 312 g/mol. The number of phenolic OH excluding ortho intramolecular Hbond substituents is 2. The maximum absolute atomic E-state index is 10.0. The highest BCUT2D eigenvalue weighted by molar-refractivity contribution is 5.73. The van der Waals surface area contributed by atoms with Crippen LogP contribution in [0.5, 0.6) is 17.2 Å². The van der Waals surface area contributed by atoms with Gasteiger partial charge in [0, 0.05) is 18.1 Å². The maximum Gasteiger partial charge on any atom is 0.126 e. The van der Waals surface area contributed by atoms with E-state index in [-0.39, 0.29) is 11.5 Å². The average Bonchev–Trinajstić information content (AvgIpc) is 2.64. The minimum Gasteiger partial charge on any atom is -0.508 e. The molecule has 0 spiro atoms. The van der Waals surface area contributed by atoms with Gasteiger partial charge in [-0.05, 0) is 34.9 Å². The molecule has 25 heavy (non-hydrogen) atoms. The summed E-state index contributed by atoms with van der Waals surface area (Å²) in [5, 5.41) is 19.5. The Balaban J connectivity index is 1.99. The molecule has 0 bridgehead atoms. The third-order valence-electron chi connectivity index (χ3n) is 4.02. The van der Waals surface area contributed by atoms with Gasteiger partial charge in [0.1, 0.15) is 17.2 Å². The van der Waals surface area contributed by atoms with Gasteiger partial charge in [0.05, 0.1) is 7.11 Å². The summed E-state index contributed by atoms with van der Waals surface area (Å²) in [5.41, 5.74) is 4.02. The normalized spacial score (nSPS) is 10.9. The van der Waals surface area contributed by atoms with Crippen molar-refractivity contribution in [3.8, 4) is 17.2 Å². The van der Waals surface area contributed by atoms with Crippen LogP contribution in [-0.4, -0.2) is 17.3 Å². The van der Waals surface area contributed by atoms with E-state index in [1.807, 2.05) is 54.6 Å². The maximum atomic E-state index is 10.0. The summed E-state index contributed by atoms with van der Waals surface area (Å²) < 4.78 is 5.47. The number of benzene rings is 3. The third-order valence-corrected chi connectivity index (χ3v) is 4.02. The number of methoxy groups -OCH3 is 1. The SMILES string of the molecule is COc1cc(O)cc(C=Cc2ccccc2)c1Cc1ccc(O)cc1. The molecule has 0 aromatic heterocycles. The fourth-order valence-electron chi connectivity index (χ4n) is 2.74. The molecule has 0 unspecified atom stereocenters. The quantitative estimate of drug-likeness (QED) is 0.656. The summed E-state index contributed by atoms with van der Waals surface area (Å²) in [4.78, 5) is 0. The van der Waals surface area contributed by atoms with Gasteiger partial charge in [-0.25, -0.2) is 0 Å². The second kappa shape index (κ2) is 7.58. The minimum absolute atomic E-state index is 0.166. The van der Waals surface area contributed by atoms with E-state index in [1.54, 1.807) is 31.4 Å². The zero-order valence-electron chi connectivity index (χ0n) is 14.0. The summed E-state index contributed by atoms with van der Waals surface area (Å²) in [7, 11) is 1.60. The molecule has 3 heteroatoms. The highest BCUT2D eigenvalue weighted by atomic mass is 16.5. The van der Waals surface area contributed by atoms with E-state index in [1.165, 1.54) is 0 Å². The molecule has 0 saturated carbocycles. The zero-order valence-corrected chi connectivity index (χ0v) is 14.0. The molecular formula is C22H20O3. The largest absolute Gasteiger partial charge is 0.508 e. The molecule has 3 aromatic carbocycles. The molecule has 0 aliphatic rings. The van der Waals surface area contributed by atoms with Crippen LogP contribution in [0.4, 0.5) is 0 Å². The van der Waals surface area contributed by atoms with Crippen molar-refractivity contribution in [3.63, 3.8) is 0 Å². The monoisotopic (exact) mass is 332 g/mol. The Morgan fingerprint density at radius 2 is 1.56 bits per heavy atom. The van der Waals surface area contributed by atoms with E-state index >= 15 is 0 Å². The van der Waals surface area contributed by atoms with E-state index in [9.17, 15) is 10.2 Å². The minimum atomic E-state index is 0.166. The lowest BCUT2D eigenvalue weighted by atomic mass is 9.97. The van der Waals surface area contributed by atoms with Crippen molar-refractivity contribution in [1.82, 2.24) is 0 Å². The topological polar surface area (TPSA) is 49.7 Å². The van der Waals surface area contributed by atoms with Crippen molar-refractivity contribution >= 4 is 12.2 Å². The molecule has 0 atom stereocenters. The van der Waals surface area contributed by atoms with E-state index < -0.39 is 0 Å². The van der Waals surface area contributed by atoms with Gasteiger partial charge in [0.2, 0.25) is 0 Å². The Kier molecular flexibility index (Phi) is 5.05. The Labute approximate surface area is 147 Å². The fourth-order valence-corrected chi connectivity index (χ4v) is 2.74. The lowest BCUT2D eigenvalue weighted by Gasteiger charge is -2.13. The van der Waals surface area contributed by atoms with Crippen LogP contribution in [0.3, 0.4) is 0 Å².